The van der Waals surface area contributed by atoms with Gasteiger partial charge in [-0.05, 0) is 43.5 Å². The molecule has 0 N–H and O–H groups in total. The van der Waals surface area contributed by atoms with Gasteiger partial charge in [0.1, 0.15) is 5.82 Å². The molecule has 24 heavy (non-hydrogen) atoms. The number of anilines is 1. The van der Waals surface area contributed by atoms with Crippen LogP contribution in [0.5, 0.6) is 0 Å². The van der Waals surface area contributed by atoms with Gasteiger partial charge in [-0.2, -0.15) is 0 Å². The molecule has 2 aromatic rings. The Balaban J connectivity index is 1.54. The average Bonchev–Trinajstić information content (AvgIpc) is 3.04. The first-order valence-electron chi connectivity index (χ1n) is 8.81. The van der Waals surface area contributed by atoms with Crippen LogP contribution in [0.4, 0.5) is 10.1 Å². The molecule has 4 rings (SSSR count). The highest BCUT2D eigenvalue weighted by molar-refractivity contribution is 5.92. The summed E-state index contributed by atoms with van der Waals surface area (Å²) in [4.78, 5) is 9.46. The Morgan fingerprint density at radius 2 is 2.04 bits per heavy atom. The third kappa shape index (κ3) is 3.23. The first kappa shape index (κ1) is 15.8. The summed E-state index contributed by atoms with van der Waals surface area (Å²) in [6.07, 6.45) is 1.19. The molecule has 1 aromatic heterocycles. The van der Waals surface area contributed by atoms with E-state index in [4.69, 9.17) is 4.74 Å². The second-order valence-corrected chi connectivity index (χ2v) is 6.96. The lowest BCUT2D eigenvalue weighted by atomic mass is 10.1. The van der Waals surface area contributed by atoms with Crippen molar-refractivity contribution in [2.75, 3.05) is 50.8 Å². The van der Waals surface area contributed by atoms with E-state index in [1.54, 1.807) is 12.1 Å². The molecule has 0 amide bonds. The highest BCUT2D eigenvalue weighted by atomic mass is 19.1. The number of aromatic nitrogens is 1. The molecule has 0 aliphatic carbocycles. The predicted molar refractivity (Wildman–Crippen MR) is 94.0 cm³/mol. The minimum atomic E-state index is -0.196. The number of nitrogens with zero attached hydrogens (tertiary/aromatic N) is 3. The van der Waals surface area contributed by atoms with Crippen LogP contribution in [-0.4, -0.2) is 55.8 Å². The molecule has 2 aliphatic heterocycles. The summed E-state index contributed by atoms with van der Waals surface area (Å²) in [6, 6.07) is 6.98. The van der Waals surface area contributed by atoms with Crippen molar-refractivity contribution in [3.05, 3.63) is 35.8 Å². The van der Waals surface area contributed by atoms with Gasteiger partial charge in [0.15, 0.2) is 0 Å². The zero-order valence-electron chi connectivity index (χ0n) is 14.2. The van der Waals surface area contributed by atoms with E-state index in [-0.39, 0.29) is 5.82 Å². The normalized spacial score (nSPS) is 22.4. The van der Waals surface area contributed by atoms with Gasteiger partial charge in [0.25, 0.3) is 0 Å². The van der Waals surface area contributed by atoms with Gasteiger partial charge in [0.05, 0.1) is 18.7 Å². The Morgan fingerprint density at radius 1 is 1.21 bits per heavy atom. The minimum Gasteiger partial charge on any atom is -0.379 e. The number of ether oxygens (including phenoxy) is 1. The molecule has 5 heteroatoms. The number of rotatable bonds is 3. The highest BCUT2D eigenvalue weighted by Crippen LogP contribution is 2.31. The van der Waals surface area contributed by atoms with Crippen LogP contribution < -0.4 is 4.90 Å². The van der Waals surface area contributed by atoms with E-state index in [0.29, 0.717) is 5.92 Å². The number of morpholine rings is 1. The molecule has 1 aromatic carbocycles. The Hall–Kier alpha value is -1.72. The third-order valence-corrected chi connectivity index (χ3v) is 5.12. The number of benzene rings is 1. The lowest BCUT2D eigenvalue weighted by molar-refractivity contribution is 0.0320. The quantitative estimate of drug-likeness (QED) is 0.866. The van der Waals surface area contributed by atoms with Gasteiger partial charge in [-0.15, -0.1) is 0 Å². The Morgan fingerprint density at radius 3 is 2.88 bits per heavy atom. The molecule has 0 bridgehead atoms. The van der Waals surface area contributed by atoms with Crippen LogP contribution >= 0.6 is 0 Å². The van der Waals surface area contributed by atoms with Crippen LogP contribution in [0, 0.1) is 18.7 Å². The SMILES string of the molecule is Cc1cc(N2CCC(CN3CCOCC3)C2)c2cc(F)ccc2n1. The van der Waals surface area contributed by atoms with Crippen molar-refractivity contribution in [1.29, 1.82) is 0 Å². The molecule has 3 heterocycles. The van der Waals surface area contributed by atoms with E-state index in [2.05, 4.69) is 20.9 Å². The van der Waals surface area contributed by atoms with Gasteiger partial charge >= 0.3 is 0 Å². The first-order valence-corrected chi connectivity index (χ1v) is 8.81. The van der Waals surface area contributed by atoms with Crippen LogP contribution in [0.1, 0.15) is 12.1 Å². The van der Waals surface area contributed by atoms with Gasteiger partial charge < -0.3 is 9.64 Å². The molecule has 1 atom stereocenters. The number of aryl methyl sites for hydroxylation is 1. The van der Waals surface area contributed by atoms with Crippen molar-refractivity contribution in [2.45, 2.75) is 13.3 Å². The largest absolute Gasteiger partial charge is 0.379 e. The summed E-state index contributed by atoms with van der Waals surface area (Å²) >= 11 is 0. The average molecular weight is 329 g/mol. The summed E-state index contributed by atoms with van der Waals surface area (Å²) in [5, 5.41) is 0.924. The molecule has 0 radical (unpaired) electrons. The van der Waals surface area contributed by atoms with E-state index in [1.807, 2.05) is 6.92 Å². The summed E-state index contributed by atoms with van der Waals surface area (Å²) in [7, 11) is 0. The molecule has 2 saturated heterocycles. The second kappa shape index (κ2) is 6.65. The summed E-state index contributed by atoms with van der Waals surface area (Å²) in [5.74, 6) is 0.471. The zero-order valence-corrected chi connectivity index (χ0v) is 14.2. The van der Waals surface area contributed by atoms with Crippen LogP contribution in [-0.2, 0) is 4.74 Å². The van der Waals surface area contributed by atoms with Crippen molar-refractivity contribution in [3.8, 4) is 0 Å². The standard InChI is InChI=1S/C19H24FN3O/c1-14-10-19(17-11-16(20)2-3-18(17)21-14)23-5-4-15(13-23)12-22-6-8-24-9-7-22/h2-3,10-11,15H,4-9,12-13H2,1H3. The van der Waals surface area contributed by atoms with E-state index in [9.17, 15) is 4.39 Å². The van der Waals surface area contributed by atoms with E-state index < -0.39 is 0 Å². The number of hydrogen-bond donors (Lipinski definition) is 0. The lowest BCUT2D eigenvalue weighted by Crippen LogP contribution is -2.39. The van der Waals surface area contributed by atoms with Gasteiger partial charge in [0, 0.05) is 49.5 Å². The molecular weight excluding hydrogens is 305 g/mol. The third-order valence-electron chi connectivity index (χ3n) is 5.12. The summed E-state index contributed by atoms with van der Waals surface area (Å²) in [6.45, 7) is 8.99. The maximum absolute atomic E-state index is 13.7. The van der Waals surface area contributed by atoms with Crippen LogP contribution in [0.2, 0.25) is 0 Å². The van der Waals surface area contributed by atoms with E-state index in [0.717, 1.165) is 68.2 Å². The minimum absolute atomic E-state index is 0.196. The maximum Gasteiger partial charge on any atom is 0.124 e. The predicted octanol–water partition coefficient (Wildman–Crippen LogP) is 2.84. The molecule has 4 nitrogen and oxygen atoms in total. The smallest absolute Gasteiger partial charge is 0.124 e. The number of halogens is 1. The van der Waals surface area contributed by atoms with Crippen LogP contribution in [0.3, 0.4) is 0 Å². The fourth-order valence-corrected chi connectivity index (χ4v) is 3.92. The maximum atomic E-state index is 13.7. The second-order valence-electron chi connectivity index (χ2n) is 6.96. The fraction of sp³-hybridized carbons (Fsp3) is 0.526. The van der Waals surface area contributed by atoms with Crippen molar-refractivity contribution in [1.82, 2.24) is 9.88 Å². The molecule has 2 fully saturated rings. The van der Waals surface area contributed by atoms with Crippen LogP contribution in [0.25, 0.3) is 10.9 Å². The highest BCUT2D eigenvalue weighted by Gasteiger charge is 2.26. The lowest BCUT2D eigenvalue weighted by Gasteiger charge is -2.29. The molecule has 2 aliphatic rings. The van der Waals surface area contributed by atoms with Crippen LogP contribution in [0.15, 0.2) is 24.3 Å². The Bertz CT molecular complexity index is 730. The van der Waals surface area contributed by atoms with Crippen molar-refractivity contribution >= 4 is 16.6 Å². The van der Waals surface area contributed by atoms with E-state index >= 15 is 0 Å². The van der Waals surface area contributed by atoms with Crippen molar-refractivity contribution in [2.24, 2.45) is 5.92 Å². The summed E-state index contributed by atoms with van der Waals surface area (Å²) < 4.78 is 19.2. The van der Waals surface area contributed by atoms with Gasteiger partial charge in [-0.1, -0.05) is 0 Å². The van der Waals surface area contributed by atoms with Crippen molar-refractivity contribution in [3.63, 3.8) is 0 Å². The molecule has 0 spiro atoms. The Labute approximate surface area is 142 Å². The molecule has 0 saturated carbocycles. The molecular formula is C19H24FN3O. The van der Waals surface area contributed by atoms with E-state index in [1.165, 1.54) is 12.5 Å². The molecule has 1 unspecified atom stereocenters. The fourth-order valence-electron chi connectivity index (χ4n) is 3.92. The first-order chi connectivity index (χ1) is 11.7. The van der Waals surface area contributed by atoms with Gasteiger partial charge in [-0.3, -0.25) is 9.88 Å². The van der Waals surface area contributed by atoms with Gasteiger partial charge in [0.2, 0.25) is 0 Å². The molecule has 128 valence electrons. The summed E-state index contributed by atoms with van der Waals surface area (Å²) in [5.41, 5.74) is 2.99. The number of fused-ring (bicyclic) bond motifs is 1. The van der Waals surface area contributed by atoms with Crippen molar-refractivity contribution < 1.29 is 9.13 Å². The number of hydrogen-bond acceptors (Lipinski definition) is 4. The Kier molecular flexibility index (Phi) is 4.37. The monoisotopic (exact) mass is 329 g/mol. The topological polar surface area (TPSA) is 28.6 Å². The zero-order chi connectivity index (χ0) is 16.5. The van der Waals surface area contributed by atoms with Gasteiger partial charge in [-0.25, -0.2) is 4.39 Å². The number of pyridine rings is 1.